The van der Waals surface area contributed by atoms with Gasteiger partial charge >= 0.3 is 0 Å². The Morgan fingerprint density at radius 3 is 2.29 bits per heavy atom. The van der Waals surface area contributed by atoms with Crippen LogP contribution in [0.15, 0.2) is 46.9 Å². The van der Waals surface area contributed by atoms with Crippen molar-refractivity contribution in [2.45, 2.75) is 51.6 Å². The summed E-state index contributed by atoms with van der Waals surface area (Å²) in [5.74, 6) is 0.477. The van der Waals surface area contributed by atoms with Gasteiger partial charge in [-0.05, 0) is 55.7 Å². The molecule has 0 spiro atoms. The molecule has 2 aromatic carbocycles. The molecule has 2 rings (SSSR count). The Bertz CT molecular complexity index is 875. The number of thioether (sulfide) groups is 1. The fourth-order valence-electron chi connectivity index (χ4n) is 2.83. The van der Waals surface area contributed by atoms with Crippen molar-refractivity contribution in [3.63, 3.8) is 0 Å². The van der Waals surface area contributed by atoms with E-state index in [0.717, 1.165) is 22.0 Å². The number of benzene rings is 2. The Hall–Kier alpha value is -1.21. The number of nitrogens with zero attached hydrogens (tertiary/aromatic N) is 1. The standard InChI is InChI=1S/C23H27BrCl2N2O2S/c1-4-15(2)27-23(30)16(3)28(12-17-8-10-18(24)11-9-17)22(29)14-31-13-19-20(25)6-5-7-21(19)26/h5-11,15-16H,4,12-14H2,1-3H3,(H,27,30)/t15-,16+/m0/s1. The monoisotopic (exact) mass is 544 g/mol. The molecule has 0 bridgehead atoms. The second-order valence-corrected chi connectivity index (χ2v) is 10.1. The van der Waals surface area contributed by atoms with Gasteiger partial charge < -0.3 is 10.2 Å². The van der Waals surface area contributed by atoms with Crippen molar-refractivity contribution < 1.29 is 9.59 Å². The molecule has 2 amide bonds. The quantitative estimate of drug-likeness (QED) is 0.380. The van der Waals surface area contributed by atoms with Crippen molar-refractivity contribution >= 4 is 62.7 Å². The molecule has 0 aliphatic carbocycles. The Morgan fingerprint density at radius 2 is 1.71 bits per heavy atom. The number of carbonyl (C=O) groups is 2. The van der Waals surface area contributed by atoms with E-state index >= 15 is 0 Å². The van der Waals surface area contributed by atoms with Gasteiger partial charge in [0, 0.05) is 32.9 Å². The zero-order chi connectivity index (χ0) is 23.0. The number of hydrogen-bond donors (Lipinski definition) is 1. The predicted molar refractivity (Wildman–Crippen MR) is 135 cm³/mol. The van der Waals surface area contributed by atoms with E-state index in [-0.39, 0.29) is 23.6 Å². The molecule has 0 unspecified atom stereocenters. The van der Waals surface area contributed by atoms with Crippen LogP contribution in [-0.2, 0) is 21.9 Å². The maximum absolute atomic E-state index is 13.1. The lowest BCUT2D eigenvalue weighted by Gasteiger charge is -2.29. The van der Waals surface area contributed by atoms with Gasteiger partial charge in [-0.25, -0.2) is 0 Å². The number of amides is 2. The van der Waals surface area contributed by atoms with Crippen molar-refractivity contribution in [1.82, 2.24) is 10.2 Å². The predicted octanol–water partition coefficient (Wildman–Crippen LogP) is 6.32. The number of nitrogens with one attached hydrogen (secondary N) is 1. The minimum absolute atomic E-state index is 0.0522. The average Bonchev–Trinajstić information content (AvgIpc) is 2.74. The maximum atomic E-state index is 13.1. The van der Waals surface area contributed by atoms with Gasteiger partial charge in [0.25, 0.3) is 0 Å². The van der Waals surface area contributed by atoms with Gasteiger partial charge in [-0.1, -0.05) is 64.3 Å². The van der Waals surface area contributed by atoms with E-state index in [9.17, 15) is 9.59 Å². The molecule has 0 aliphatic rings. The fourth-order valence-corrected chi connectivity index (χ4v) is 4.74. The number of hydrogen-bond acceptors (Lipinski definition) is 3. The first-order chi connectivity index (χ1) is 14.7. The van der Waals surface area contributed by atoms with Gasteiger partial charge in [-0.2, -0.15) is 0 Å². The molecule has 8 heteroatoms. The fraction of sp³-hybridized carbons (Fsp3) is 0.391. The van der Waals surface area contributed by atoms with E-state index in [1.54, 1.807) is 30.0 Å². The second kappa shape index (κ2) is 12.7. The highest BCUT2D eigenvalue weighted by atomic mass is 79.9. The molecular weight excluding hydrogens is 519 g/mol. The first kappa shape index (κ1) is 26.0. The summed E-state index contributed by atoms with van der Waals surface area (Å²) >= 11 is 17.3. The summed E-state index contributed by atoms with van der Waals surface area (Å²) in [4.78, 5) is 27.5. The maximum Gasteiger partial charge on any atom is 0.242 e. The second-order valence-electron chi connectivity index (χ2n) is 7.33. The average molecular weight is 546 g/mol. The highest BCUT2D eigenvalue weighted by molar-refractivity contribution is 9.10. The third-order valence-corrected chi connectivity index (χ3v) is 7.15. The molecular formula is C23H27BrCl2N2O2S. The lowest BCUT2D eigenvalue weighted by Crippen LogP contribution is -2.50. The van der Waals surface area contributed by atoms with E-state index in [0.29, 0.717) is 22.3 Å². The highest BCUT2D eigenvalue weighted by Crippen LogP contribution is 2.28. The van der Waals surface area contributed by atoms with Gasteiger partial charge in [0.05, 0.1) is 5.75 Å². The minimum Gasteiger partial charge on any atom is -0.352 e. The van der Waals surface area contributed by atoms with Gasteiger partial charge in [0.15, 0.2) is 0 Å². The summed E-state index contributed by atoms with van der Waals surface area (Å²) in [6.45, 7) is 6.09. The van der Waals surface area contributed by atoms with Crippen LogP contribution in [0.3, 0.4) is 0 Å². The summed E-state index contributed by atoms with van der Waals surface area (Å²) < 4.78 is 0.962. The summed E-state index contributed by atoms with van der Waals surface area (Å²) in [7, 11) is 0. The first-order valence-electron chi connectivity index (χ1n) is 10.1. The summed E-state index contributed by atoms with van der Waals surface area (Å²) in [6, 6.07) is 12.6. The van der Waals surface area contributed by atoms with Crippen LogP contribution in [0, 0.1) is 0 Å². The Morgan fingerprint density at radius 1 is 1.10 bits per heavy atom. The van der Waals surface area contributed by atoms with Crippen molar-refractivity contribution in [3.8, 4) is 0 Å². The Kier molecular flexibility index (Phi) is 10.7. The molecule has 2 aromatic rings. The normalized spacial score (nSPS) is 12.8. The number of halogens is 3. The van der Waals surface area contributed by atoms with Crippen LogP contribution < -0.4 is 5.32 Å². The van der Waals surface area contributed by atoms with Gasteiger partial charge in [-0.3, -0.25) is 9.59 Å². The third-order valence-electron chi connectivity index (χ3n) is 4.97. The third kappa shape index (κ3) is 8.01. The molecule has 0 radical (unpaired) electrons. The number of carbonyl (C=O) groups excluding carboxylic acids is 2. The largest absolute Gasteiger partial charge is 0.352 e. The molecule has 2 atom stereocenters. The van der Waals surface area contributed by atoms with Crippen LogP contribution in [0.25, 0.3) is 0 Å². The first-order valence-corrected chi connectivity index (χ1v) is 12.8. The lowest BCUT2D eigenvalue weighted by atomic mass is 10.1. The molecule has 0 aliphatic heterocycles. The van der Waals surface area contributed by atoms with E-state index in [2.05, 4.69) is 21.2 Å². The smallest absolute Gasteiger partial charge is 0.242 e. The lowest BCUT2D eigenvalue weighted by molar-refractivity contribution is -0.138. The van der Waals surface area contributed by atoms with E-state index in [4.69, 9.17) is 23.2 Å². The molecule has 31 heavy (non-hydrogen) atoms. The minimum atomic E-state index is -0.588. The van der Waals surface area contributed by atoms with Crippen LogP contribution in [0.5, 0.6) is 0 Å². The van der Waals surface area contributed by atoms with Crippen molar-refractivity contribution in [3.05, 3.63) is 68.1 Å². The molecule has 0 saturated carbocycles. The summed E-state index contributed by atoms with van der Waals surface area (Å²) in [5, 5.41) is 4.14. The van der Waals surface area contributed by atoms with Crippen LogP contribution in [0.2, 0.25) is 10.0 Å². The highest BCUT2D eigenvalue weighted by Gasteiger charge is 2.26. The van der Waals surface area contributed by atoms with Gasteiger partial charge in [0.1, 0.15) is 6.04 Å². The zero-order valence-corrected chi connectivity index (χ0v) is 21.7. The molecule has 1 N–H and O–H groups in total. The van der Waals surface area contributed by atoms with Crippen LogP contribution >= 0.6 is 50.9 Å². The van der Waals surface area contributed by atoms with E-state index < -0.39 is 6.04 Å². The molecule has 0 fully saturated rings. The Labute approximate surface area is 207 Å². The Balaban J connectivity index is 2.11. The van der Waals surface area contributed by atoms with Crippen molar-refractivity contribution in [2.24, 2.45) is 0 Å². The van der Waals surface area contributed by atoms with Crippen molar-refractivity contribution in [1.29, 1.82) is 0 Å². The molecule has 0 heterocycles. The van der Waals surface area contributed by atoms with E-state index in [1.165, 1.54) is 11.8 Å². The SMILES string of the molecule is CC[C@H](C)NC(=O)[C@@H](C)N(Cc1ccc(Br)cc1)C(=O)CSCc1c(Cl)cccc1Cl. The number of rotatable bonds is 10. The summed E-state index contributed by atoms with van der Waals surface area (Å²) in [5.41, 5.74) is 1.77. The topological polar surface area (TPSA) is 49.4 Å². The molecule has 0 saturated heterocycles. The van der Waals surface area contributed by atoms with Crippen molar-refractivity contribution in [2.75, 3.05) is 5.75 Å². The molecule has 0 aromatic heterocycles. The van der Waals surface area contributed by atoms with Gasteiger partial charge in [-0.15, -0.1) is 11.8 Å². The van der Waals surface area contributed by atoms with Crippen LogP contribution in [0.4, 0.5) is 0 Å². The zero-order valence-electron chi connectivity index (χ0n) is 17.8. The van der Waals surface area contributed by atoms with E-state index in [1.807, 2.05) is 38.1 Å². The van der Waals surface area contributed by atoms with Crippen LogP contribution in [-0.4, -0.2) is 34.6 Å². The van der Waals surface area contributed by atoms with Gasteiger partial charge in [0.2, 0.25) is 11.8 Å². The summed E-state index contributed by atoms with van der Waals surface area (Å²) in [6.07, 6.45) is 0.827. The molecule has 168 valence electrons. The molecule has 4 nitrogen and oxygen atoms in total. The van der Waals surface area contributed by atoms with Crippen LogP contribution in [0.1, 0.15) is 38.3 Å².